The smallest absolute Gasteiger partial charge is 0.416 e. The molecule has 1 aliphatic rings. The van der Waals surface area contributed by atoms with Crippen molar-refractivity contribution in [1.82, 2.24) is 19.1 Å². The monoisotopic (exact) mass is 764 g/mol. The van der Waals surface area contributed by atoms with Gasteiger partial charge in [-0.15, -0.1) is 0 Å². The van der Waals surface area contributed by atoms with Crippen LogP contribution in [0.15, 0.2) is 138 Å². The number of halogens is 3. The van der Waals surface area contributed by atoms with Crippen molar-refractivity contribution in [1.29, 1.82) is 5.26 Å². The highest BCUT2D eigenvalue weighted by Gasteiger charge is 2.42. The number of nitrogens with one attached hydrogen (secondary N) is 1. The summed E-state index contributed by atoms with van der Waals surface area (Å²) in [6.07, 6.45) is 5.23. The average Bonchev–Trinajstić information content (AvgIpc) is 3.82. The topological polar surface area (TPSA) is 123 Å². The van der Waals surface area contributed by atoms with E-state index < -0.39 is 27.3 Å². The van der Waals surface area contributed by atoms with Crippen LogP contribution in [0, 0.1) is 24.2 Å². The molecule has 0 amide bonds. The number of allylic oxidation sites excluding steroid dienone is 4. The molecule has 14 heteroatoms. The Morgan fingerprint density at radius 1 is 0.926 bits per heavy atom. The van der Waals surface area contributed by atoms with Crippen molar-refractivity contribution in [3.63, 3.8) is 0 Å². The largest absolute Gasteiger partial charge is 0.455 e. The third-order valence-corrected chi connectivity index (χ3v) is 11.3. The molecule has 272 valence electrons. The first kappa shape index (κ1) is 36.3. The Morgan fingerprint density at radius 3 is 2.20 bits per heavy atom. The van der Waals surface area contributed by atoms with Crippen molar-refractivity contribution >= 4 is 26.7 Å². The molecule has 0 aliphatic heterocycles. The van der Waals surface area contributed by atoms with E-state index in [0.29, 0.717) is 17.2 Å². The van der Waals surface area contributed by atoms with Crippen LogP contribution >= 0.6 is 11.5 Å². The van der Waals surface area contributed by atoms with E-state index in [1.807, 2.05) is 71.4 Å². The van der Waals surface area contributed by atoms with E-state index in [-0.39, 0.29) is 32.7 Å². The van der Waals surface area contributed by atoms with Gasteiger partial charge >= 0.3 is 6.18 Å². The zero-order valence-electron chi connectivity index (χ0n) is 28.8. The Kier molecular flexibility index (Phi) is 9.70. The minimum absolute atomic E-state index is 0.000340. The van der Waals surface area contributed by atoms with E-state index in [1.54, 1.807) is 6.92 Å². The fraction of sp³-hybridized carbons (Fsp3) is 0.150. The van der Waals surface area contributed by atoms with Crippen LogP contribution in [0.4, 0.5) is 18.3 Å². The molecule has 7 rings (SSSR count). The van der Waals surface area contributed by atoms with Crippen LogP contribution in [-0.2, 0) is 21.7 Å². The average molecular weight is 765 g/mol. The molecule has 54 heavy (non-hydrogen) atoms. The number of anilines is 1. The summed E-state index contributed by atoms with van der Waals surface area (Å²) in [5.41, 5.74) is 1.64. The molecule has 0 saturated carbocycles. The van der Waals surface area contributed by atoms with Gasteiger partial charge in [-0.1, -0.05) is 85.8 Å². The lowest BCUT2D eigenvalue weighted by Gasteiger charge is -2.39. The van der Waals surface area contributed by atoms with E-state index in [4.69, 9.17) is 9.84 Å². The fourth-order valence-corrected chi connectivity index (χ4v) is 8.29. The number of nitriles is 1. The van der Waals surface area contributed by atoms with Gasteiger partial charge in [0.05, 0.1) is 22.2 Å². The van der Waals surface area contributed by atoms with E-state index >= 15 is 0 Å². The van der Waals surface area contributed by atoms with Crippen molar-refractivity contribution in [2.75, 3.05) is 4.72 Å². The van der Waals surface area contributed by atoms with Crippen molar-refractivity contribution in [3.05, 3.63) is 161 Å². The maximum atomic E-state index is 14.3. The van der Waals surface area contributed by atoms with Gasteiger partial charge in [-0.05, 0) is 72.4 Å². The quantitative estimate of drug-likeness (QED) is 0.147. The first-order valence-corrected chi connectivity index (χ1v) is 19.0. The first-order valence-electron chi connectivity index (χ1n) is 16.7. The van der Waals surface area contributed by atoms with Gasteiger partial charge in [0, 0.05) is 28.4 Å². The van der Waals surface area contributed by atoms with Crippen LogP contribution in [0.2, 0.25) is 0 Å². The summed E-state index contributed by atoms with van der Waals surface area (Å²) in [6, 6.07) is 28.3. The highest BCUT2D eigenvalue weighted by atomic mass is 32.2. The van der Waals surface area contributed by atoms with Gasteiger partial charge in [0.15, 0.2) is 0 Å². The third kappa shape index (κ3) is 6.79. The molecule has 0 saturated heterocycles. The number of hydrogen-bond donors (Lipinski definition) is 1. The Balaban J connectivity index is 1.39. The molecule has 4 aromatic carbocycles. The second kappa shape index (κ2) is 14.4. The maximum absolute atomic E-state index is 14.3. The van der Waals surface area contributed by atoms with E-state index in [0.717, 1.165) is 52.9 Å². The number of sulfonamides is 1. The normalized spacial score (nSPS) is 14.7. The molecule has 1 atom stereocenters. The van der Waals surface area contributed by atoms with Crippen LogP contribution in [-0.4, -0.2) is 27.6 Å². The SMILES string of the molecule is Cc1c(-c2cc(C(F)(F)F)ccc2Oc2ccc(S(=O)(=O)Nc3ncns3)cc2C#N)cnn1C(C1=CCC(C)C=C1)(c1ccccc1)c1ccccc1. The molecular weight excluding hydrogens is 734 g/mol. The summed E-state index contributed by atoms with van der Waals surface area (Å²) in [5.74, 6) is 0.254. The van der Waals surface area contributed by atoms with Crippen LogP contribution in [0.1, 0.15) is 41.3 Å². The molecule has 1 aliphatic carbocycles. The predicted molar refractivity (Wildman–Crippen MR) is 199 cm³/mol. The lowest BCUT2D eigenvalue weighted by atomic mass is 9.74. The number of aromatic nitrogens is 4. The zero-order chi connectivity index (χ0) is 38.1. The number of benzene rings is 4. The van der Waals surface area contributed by atoms with Crippen LogP contribution in [0.3, 0.4) is 0 Å². The molecule has 6 aromatic rings. The molecule has 9 nitrogen and oxygen atoms in total. The van der Waals surface area contributed by atoms with Crippen LogP contribution in [0.5, 0.6) is 11.5 Å². The van der Waals surface area contributed by atoms with Crippen molar-refractivity contribution < 1.29 is 26.3 Å². The standard InChI is InChI=1S/C40H31F3N6O3S2/c1-26-13-15-31(16-14-26)39(29-9-5-3-6-10-29,30-11-7-4-8-12-30)49-27(2)35(24-46-49)34-22-32(40(41,42)43)17-19-37(34)52-36-20-18-33(21-28(36)23-44)54(50,51)48-38-45-25-47-53-38/h3-13,15-22,24-26H,14H2,1-2H3,(H,45,47,48). The number of ether oxygens (including phenoxy) is 1. The molecule has 0 bridgehead atoms. The van der Waals surface area contributed by atoms with Crippen LogP contribution < -0.4 is 9.46 Å². The Hall–Kier alpha value is -6.04. The van der Waals surface area contributed by atoms with E-state index in [2.05, 4.69) is 39.2 Å². The summed E-state index contributed by atoms with van der Waals surface area (Å²) >= 11 is 0.837. The lowest BCUT2D eigenvalue weighted by Crippen LogP contribution is -2.40. The highest BCUT2D eigenvalue weighted by Crippen LogP contribution is 2.47. The molecular formula is C40H31F3N6O3S2. The van der Waals surface area contributed by atoms with Crippen molar-refractivity contribution in [2.45, 2.75) is 36.9 Å². The van der Waals surface area contributed by atoms with E-state index in [9.17, 15) is 26.9 Å². The summed E-state index contributed by atoms with van der Waals surface area (Å²) in [6.45, 7) is 3.93. The van der Waals surface area contributed by atoms with E-state index in [1.165, 1.54) is 30.7 Å². The third-order valence-electron chi connectivity index (χ3n) is 9.22. The second-order valence-corrected chi connectivity index (χ2v) is 15.1. The van der Waals surface area contributed by atoms with Gasteiger partial charge in [-0.25, -0.2) is 18.1 Å². The number of hydrogen-bond acceptors (Lipinski definition) is 8. The van der Waals surface area contributed by atoms with Crippen molar-refractivity contribution in [2.24, 2.45) is 5.92 Å². The number of alkyl halides is 3. The molecule has 0 spiro atoms. The molecule has 0 fully saturated rings. The Labute approximate surface area is 313 Å². The second-order valence-electron chi connectivity index (χ2n) is 12.7. The van der Waals surface area contributed by atoms with Gasteiger partial charge in [0.1, 0.15) is 29.4 Å². The predicted octanol–water partition coefficient (Wildman–Crippen LogP) is 9.51. The van der Waals surface area contributed by atoms with Crippen LogP contribution in [0.25, 0.3) is 11.1 Å². The molecule has 1 unspecified atom stereocenters. The lowest BCUT2D eigenvalue weighted by molar-refractivity contribution is -0.137. The molecule has 1 N–H and O–H groups in total. The van der Waals surface area contributed by atoms with Crippen molar-refractivity contribution in [3.8, 4) is 28.7 Å². The molecule has 2 heterocycles. The minimum atomic E-state index is -4.68. The zero-order valence-corrected chi connectivity index (χ0v) is 30.5. The fourth-order valence-electron chi connectivity index (χ4n) is 6.60. The Morgan fingerprint density at radius 2 is 1.61 bits per heavy atom. The molecule has 0 radical (unpaired) electrons. The summed E-state index contributed by atoms with van der Waals surface area (Å²) in [5, 5.41) is 15.0. The Bertz CT molecular complexity index is 2490. The maximum Gasteiger partial charge on any atom is 0.416 e. The number of nitrogens with zero attached hydrogens (tertiary/aromatic N) is 5. The first-order chi connectivity index (χ1) is 25.9. The summed E-state index contributed by atoms with van der Waals surface area (Å²) in [4.78, 5) is 3.58. The van der Waals surface area contributed by atoms with Gasteiger partial charge in [0.2, 0.25) is 5.13 Å². The summed E-state index contributed by atoms with van der Waals surface area (Å²) in [7, 11) is -4.15. The highest BCUT2D eigenvalue weighted by molar-refractivity contribution is 7.93. The van der Waals surface area contributed by atoms with Gasteiger partial charge in [-0.2, -0.15) is 27.9 Å². The summed E-state index contributed by atoms with van der Waals surface area (Å²) < 4.78 is 83.0. The molecule has 2 aromatic heterocycles. The van der Waals surface area contributed by atoms with Gasteiger partial charge in [0.25, 0.3) is 10.0 Å². The minimum Gasteiger partial charge on any atom is -0.455 e. The number of rotatable bonds is 10. The van der Waals surface area contributed by atoms with Gasteiger partial charge < -0.3 is 4.74 Å². The van der Waals surface area contributed by atoms with Gasteiger partial charge in [-0.3, -0.25) is 4.72 Å².